The van der Waals surface area contributed by atoms with Gasteiger partial charge in [0.25, 0.3) is 5.91 Å². The van der Waals surface area contributed by atoms with Gasteiger partial charge in [-0.25, -0.2) is 9.37 Å². The van der Waals surface area contributed by atoms with E-state index in [2.05, 4.69) is 11.6 Å². The van der Waals surface area contributed by atoms with Crippen LogP contribution in [0.2, 0.25) is 5.02 Å². The number of amides is 2. The molecule has 1 saturated heterocycles. The van der Waals surface area contributed by atoms with Gasteiger partial charge in [0.15, 0.2) is 5.75 Å². The van der Waals surface area contributed by atoms with Crippen molar-refractivity contribution in [2.45, 2.75) is 19.9 Å². The van der Waals surface area contributed by atoms with E-state index in [1.807, 2.05) is 13.8 Å². The lowest BCUT2D eigenvalue weighted by Crippen LogP contribution is -2.57. The van der Waals surface area contributed by atoms with Gasteiger partial charge in [-0.15, -0.1) is 0 Å². The number of hydrogen-bond donors (Lipinski definition) is 1. The Morgan fingerprint density at radius 2 is 1.92 bits per heavy atom. The van der Waals surface area contributed by atoms with Crippen molar-refractivity contribution >= 4 is 23.4 Å². The summed E-state index contributed by atoms with van der Waals surface area (Å²) in [6.07, 6.45) is 4.54. The maximum atomic E-state index is 15.0. The number of nitrogens with zero attached hydrogens (tertiary/aromatic N) is 4. The van der Waals surface area contributed by atoms with E-state index in [9.17, 15) is 19.1 Å². The van der Waals surface area contributed by atoms with E-state index in [1.54, 1.807) is 22.2 Å². The summed E-state index contributed by atoms with van der Waals surface area (Å²) in [5.41, 5.74) is 2.29. The van der Waals surface area contributed by atoms with Crippen LogP contribution in [0.1, 0.15) is 21.5 Å². The zero-order valence-electron chi connectivity index (χ0n) is 20.3. The van der Waals surface area contributed by atoms with Gasteiger partial charge in [-0.05, 0) is 43.2 Å². The van der Waals surface area contributed by atoms with E-state index in [0.29, 0.717) is 12.1 Å². The molecule has 8 nitrogen and oxygen atoms in total. The first kappa shape index (κ1) is 24.7. The molecule has 0 spiro atoms. The Labute approximate surface area is 218 Å². The van der Waals surface area contributed by atoms with E-state index >= 15 is 0 Å². The molecule has 3 aromatic rings. The van der Waals surface area contributed by atoms with Crippen LogP contribution in [0.15, 0.2) is 43.2 Å². The number of carbonyl (C=O) groups excluding carboxylic acids is 2. The fraction of sp³-hybridized carbons (Fsp3) is 0.259. The molecule has 10 heteroatoms. The van der Waals surface area contributed by atoms with Gasteiger partial charge in [0.05, 0.1) is 17.3 Å². The molecule has 2 aliphatic heterocycles. The van der Waals surface area contributed by atoms with Crippen molar-refractivity contribution in [3.63, 3.8) is 0 Å². The van der Waals surface area contributed by atoms with Crippen LogP contribution in [0, 0.1) is 19.7 Å². The summed E-state index contributed by atoms with van der Waals surface area (Å²) in [4.78, 5) is 38.5. The Kier molecular flexibility index (Phi) is 6.33. The molecule has 0 radical (unpaired) electrons. The Hall–Kier alpha value is -3.98. The Balaban J connectivity index is 1.76. The lowest BCUT2D eigenvalue weighted by molar-refractivity contribution is -0.128. The molecule has 2 aromatic heterocycles. The van der Waals surface area contributed by atoms with E-state index < -0.39 is 11.9 Å². The molecule has 1 N–H and O–H groups in total. The monoisotopic (exact) mass is 522 g/mol. The molecule has 1 aromatic carbocycles. The minimum atomic E-state index is -0.723. The van der Waals surface area contributed by atoms with Crippen molar-refractivity contribution in [3.05, 3.63) is 70.8 Å². The topological polar surface area (TPSA) is 95.9 Å². The summed E-state index contributed by atoms with van der Waals surface area (Å²) in [7, 11) is 0. The van der Waals surface area contributed by atoms with Crippen molar-refractivity contribution in [1.29, 1.82) is 0 Å². The number of piperazine rings is 1. The molecule has 2 amide bonds. The Bertz CT molecular complexity index is 1420. The van der Waals surface area contributed by atoms with Crippen LogP contribution in [0.25, 0.3) is 22.5 Å². The van der Waals surface area contributed by atoms with Crippen LogP contribution < -0.4 is 4.74 Å². The molecular formula is C27H24ClFN4O4. The second kappa shape index (κ2) is 9.48. The molecule has 1 fully saturated rings. The summed E-state index contributed by atoms with van der Waals surface area (Å²) in [5.74, 6) is -1.60. The van der Waals surface area contributed by atoms with Crippen LogP contribution in [0.5, 0.6) is 11.5 Å². The van der Waals surface area contributed by atoms with Gasteiger partial charge in [-0.3, -0.25) is 14.6 Å². The van der Waals surface area contributed by atoms with Gasteiger partial charge >= 0.3 is 0 Å². The number of phenols is 1. The highest BCUT2D eigenvalue weighted by Gasteiger charge is 2.40. The highest BCUT2D eigenvalue weighted by atomic mass is 35.5. The van der Waals surface area contributed by atoms with Crippen molar-refractivity contribution in [2.75, 3.05) is 26.2 Å². The number of rotatable bonds is 3. The van der Waals surface area contributed by atoms with Crippen molar-refractivity contribution in [2.24, 2.45) is 0 Å². The highest BCUT2D eigenvalue weighted by Crippen LogP contribution is 2.46. The molecule has 37 heavy (non-hydrogen) atoms. The van der Waals surface area contributed by atoms with Crippen LogP contribution in [-0.4, -0.2) is 69.0 Å². The molecule has 0 aliphatic carbocycles. The number of aromatic nitrogens is 2. The van der Waals surface area contributed by atoms with Crippen LogP contribution >= 0.6 is 11.6 Å². The smallest absolute Gasteiger partial charge is 0.260 e. The molecule has 2 aliphatic rings. The minimum Gasteiger partial charge on any atom is -0.507 e. The fourth-order valence-electron chi connectivity index (χ4n) is 4.96. The van der Waals surface area contributed by atoms with E-state index in [4.69, 9.17) is 21.3 Å². The second-order valence-corrected chi connectivity index (χ2v) is 9.44. The van der Waals surface area contributed by atoms with E-state index in [0.717, 1.165) is 11.1 Å². The lowest BCUT2D eigenvalue weighted by Gasteiger charge is -2.39. The highest BCUT2D eigenvalue weighted by molar-refractivity contribution is 6.35. The number of carbonyl (C=O) groups is 2. The van der Waals surface area contributed by atoms with Gasteiger partial charge in [0, 0.05) is 37.6 Å². The van der Waals surface area contributed by atoms with Gasteiger partial charge in [0.2, 0.25) is 5.91 Å². The largest absolute Gasteiger partial charge is 0.507 e. The first-order valence-electron chi connectivity index (χ1n) is 11.7. The third-order valence-electron chi connectivity index (χ3n) is 6.75. The molecule has 0 saturated carbocycles. The summed E-state index contributed by atoms with van der Waals surface area (Å²) >= 11 is 6.75. The number of aryl methyl sites for hydroxylation is 2. The summed E-state index contributed by atoms with van der Waals surface area (Å²) in [6.45, 7) is 8.16. The maximum Gasteiger partial charge on any atom is 0.260 e. The predicted molar refractivity (Wildman–Crippen MR) is 136 cm³/mol. The third kappa shape index (κ3) is 4.09. The minimum absolute atomic E-state index is 0.0437. The standard InChI is InChI=1S/C27H24ClFN4O4/c1-4-19(35)32-8-9-33-16(12-32)13-37-26-22(27(33)36)24(20-14(2)10-30-11-15(20)3)31-25(23(26)28)21-17(29)6-5-7-18(21)34/h4-7,10-11,16,34H,1,8-9,12-13H2,2-3H3/t16-/m1/s1. The van der Waals surface area contributed by atoms with Gasteiger partial charge in [-0.2, -0.15) is 0 Å². The predicted octanol–water partition coefficient (Wildman–Crippen LogP) is 4.16. The zero-order valence-corrected chi connectivity index (χ0v) is 21.0. The SMILES string of the molecule is C=CC(=O)N1CCN2C(=O)c3c(-c4c(C)cncc4C)nc(-c4c(O)cccc4F)c(Cl)c3OC[C@H]2C1. The number of pyridine rings is 2. The zero-order chi connectivity index (χ0) is 26.4. The first-order valence-corrected chi connectivity index (χ1v) is 12.1. The molecule has 0 bridgehead atoms. The molecular weight excluding hydrogens is 499 g/mol. The van der Waals surface area contributed by atoms with Crippen molar-refractivity contribution in [1.82, 2.24) is 19.8 Å². The molecule has 1 atom stereocenters. The fourth-order valence-corrected chi connectivity index (χ4v) is 5.25. The van der Waals surface area contributed by atoms with E-state index in [1.165, 1.54) is 24.3 Å². The van der Waals surface area contributed by atoms with Gasteiger partial charge < -0.3 is 19.6 Å². The molecule has 0 unspecified atom stereocenters. The van der Waals surface area contributed by atoms with Crippen LogP contribution in [-0.2, 0) is 4.79 Å². The maximum absolute atomic E-state index is 15.0. The lowest BCUT2D eigenvalue weighted by atomic mass is 9.95. The quantitative estimate of drug-likeness (QED) is 0.519. The third-order valence-corrected chi connectivity index (χ3v) is 7.10. The first-order chi connectivity index (χ1) is 17.7. The number of ether oxygens (including phenoxy) is 1. The van der Waals surface area contributed by atoms with Crippen LogP contribution in [0.4, 0.5) is 4.39 Å². The van der Waals surface area contributed by atoms with Gasteiger partial charge in [0.1, 0.15) is 34.5 Å². The number of fused-ring (bicyclic) bond motifs is 2. The Morgan fingerprint density at radius 3 is 2.59 bits per heavy atom. The molecule has 5 rings (SSSR count). The Morgan fingerprint density at radius 1 is 1.19 bits per heavy atom. The number of benzene rings is 1. The average molecular weight is 523 g/mol. The molecule has 4 heterocycles. The van der Waals surface area contributed by atoms with Crippen molar-refractivity contribution < 1.29 is 23.8 Å². The average Bonchev–Trinajstić information content (AvgIpc) is 3.02. The summed E-state index contributed by atoms with van der Waals surface area (Å²) in [5, 5.41) is 10.4. The second-order valence-electron chi connectivity index (χ2n) is 9.06. The number of halogens is 2. The van der Waals surface area contributed by atoms with Gasteiger partial charge in [-0.1, -0.05) is 24.2 Å². The number of hydrogen-bond acceptors (Lipinski definition) is 6. The van der Waals surface area contributed by atoms with Crippen LogP contribution in [0.3, 0.4) is 0 Å². The number of aromatic hydroxyl groups is 1. The number of phenolic OH excluding ortho intramolecular Hbond substituents is 1. The van der Waals surface area contributed by atoms with Crippen molar-refractivity contribution in [3.8, 4) is 34.0 Å². The summed E-state index contributed by atoms with van der Waals surface area (Å²) in [6, 6.07) is 3.46. The summed E-state index contributed by atoms with van der Waals surface area (Å²) < 4.78 is 21.1. The normalized spacial score (nSPS) is 17.0. The van der Waals surface area contributed by atoms with E-state index in [-0.39, 0.29) is 70.5 Å². The molecule has 190 valence electrons.